The molecule has 2 aromatic heterocycles. The molecular formula is C25H28N4O2S. The molecule has 0 bridgehead atoms. The summed E-state index contributed by atoms with van der Waals surface area (Å²) in [5, 5.41) is 9.82. The van der Waals surface area contributed by atoms with E-state index in [1.54, 1.807) is 17.4 Å². The summed E-state index contributed by atoms with van der Waals surface area (Å²) >= 11 is 1.75. The van der Waals surface area contributed by atoms with E-state index in [2.05, 4.69) is 47.7 Å². The molecule has 3 heterocycles. The predicted octanol–water partition coefficient (Wildman–Crippen LogP) is 5.52. The molecule has 0 saturated heterocycles. The SMILES string of the molecule is Cc1sc2c(c1C)C(c1ccc(/C=C/C(=O)OC(C)(C)C)cc1)=N[C@@H](C)c1nnc(C)n1-2. The molecular weight excluding hydrogens is 420 g/mol. The summed E-state index contributed by atoms with van der Waals surface area (Å²) in [4.78, 5) is 18.3. The minimum Gasteiger partial charge on any atom is -0.457 e. The van der Waals surface area contributed by atoms with Crippen LogP contribution in [0.5, 0.6) is 0 Å². The van der Waals surface area contributed by atoms with Crippen LogP contribution in [0.3, 0.4) is 0 Å². The van der Waals surface area contributed by atoms with Gasteiger partial charge < -0.3 is 4.74 Å². The molecule has 166 valence electrons. The average Bonchev–Trinajstić information content (AvgIpc) is 3.19. The first-order valence-corrected chi connectivity index (χ1v) is 11.5. The number of esters is 1. The maximum Gasteiger partial charge on any atom is 0.331 e. The first-order chi connectivity index (χ1) is 15.0. The van der Waals surface area contributed by atoms with Crippen molar-refractivity contribution in [1.82, 2.24) is 14.8 Å². The van der Waals surface area contributed by atoms with Crippen LogP contribution in [0.4, 0.5) is 0 Å². The maximum atomic E-state index is 12.0. The summed E-state index contributed by atoms with van der Waals surface area (Å²) in [5.41, 5.74) is 4.78. The number of aliphatic imine (C=N–C) groups is 1. The van der Waals surface area contributed by atoms with E-state index in [0.29, 0.717) is 0 Å². The van der Waals surface area contributed by atoms with E-state index in [4.69, 9.17) is 9.73 Å². The maximum absolute atomic E-state index is 12.0. The predicted molar refractivity (Wildman–Crippen MR) is 129 cm³/mol. The van der Waals surface area contributed by atoms with E-state index in [9.17, 15) is 4.79 Å². The fourth-order valence-electron chi connectivity index (χ4n) is 3.73. The third-order valence-electron chi connectivity index (χ3n) is 5.36. The number of aromatic nitrogens is 3. The van der Waals surface area contributed by atoms with E-state index >= 15 is 0 Å². The molecule has 0 spiro atoms. The van der Waals surface area contributed by atoms with Crippen LogP contribution in [0, 0.1) is 20.8 Å². The lowest BCUT2D eigenvalue weighted by molar-refractivity contribution is -0.148. The number of rotatable bonds is 3. The largest absolute Gasteiger partial charge is 0.457 e. The lowest BCUT2D eigenvalue weighted by atomic mass is 9.98. The van der Waals surface area contributed by atoms with Crippen molar-refractivity contribution in [1.29, 1.82) is 0 Å². The minimum atomic E-state index is -0.504. The van der Waals surface area contributed by atoms with Gasteiger partial charge >= 0.3 is 5.97 Å². The van der Waals surface area contributed by atoms with Gasteiger partial charge in [0.15, 0.2) is 5.82 Å². The van der Waals surface area contributed by atoms with Gasteiger partial charge in [-0.25, -0.2) is 4.79 Å². The molecule has 1 aromatic carbocycles. The molecule has 0 N–H and O–H groups in total. The van der Waals surface area contributed by atoms with Crippen molar-refractivity contribution in [2.45, 2.75) is 60.1 Å². The Balaban J connectivity index is 1.71. The van der Waals surface area contributed by atoms with Crippen molar-refractivity contribution < 1.29 is 9.53 Å². The van der Waals surface area contributed by atoms with Crippen LogP contribution in [0.15, 0.2) is 35.3 Å². The highest BCUT2D eigenvalue weighted by molar-refractivity contribution is 7.15. The van der Waals surface area contributed by atoms with Crippen LogP contribution in [0.2, 0.25) is 0 Å². The highest BCUT2D eigenvalue weighted by Gasteiger charge is 2.29. The zero-order valence-electron chi connectivity index (χ0n) is 19.6. The van der Waals surface area contributed by atoms with Gasteiger partial charge in [0.05, 0.1) is 5.71 Å². The molecule has 0 amide bonds. The average molecular weight is 449 g/mol. The van der Waals surface area contributed by atoms with Gasteiger partial charge in [-0.2, -0.15) is 0 Å². The summed E-state index contributed by atoms with van der Waals surface area (Å²) < 4.78 is 7.47. The third kappa shape index (κ3) is 4.17. The van der Waals surface area contributed by atoms with Crippen molar-refractivity contribution in [3.8, 4) is 5.00 Å². The van der Waals surface area contributed by atoms with Crippen LogP contribution in [0.25, 0.3) is 11.1 Å². The van der Waals surface area contributed by atoms with Gasteiger partial charge in [0.2, 0.25) is 0 Å². The number of hydrogen-bond donors (Lipinski definition) is 0. The molecule has 1 aliphatic rings. The Labute approximate surface area is 192 Å². The van der Waals surface area contributed by atoms with Crippen LogP contribution in [-0.4, -0.2) is 32.0 Å². The molecule has 1 atom stereocenters. The summed E-state index contributed by atoms with van der Waals surface area (Å²) in [6.45, 7) is 13.9. The molecule has 4 rings (SSSR count). The van der Waals surface area contributed by atoms with Crippen LogP contribution >= 0.6 is 11.3 Å². The fraction of sp³-hybridized carbons (Fsp3) is 0.360. The topological polar surface area (TPSA) is 69.4 Å². The van der Waals surface area contributed by atoms with Crippen LogP contribution in [0.1, 0.15) is 72.5 Å². The molecule has 32 heavy (non-hydrogen) atoms. The Hall–Kier alpha value is -3.06. The van der Waals surface area contributed by atoms with Gasteiger partial charge in [-0.15, -0.1) is 21.5 Å². The Morgan fingerprint density at radius 3 is 2.47 bits per heavy atom. The summed E-state index contributed by atoms with van der Waals surface area (Å²) in [5.74, 6) is 1.38. The quantitative estimate of drug-likeness (QED) is 0.391. The second-order valence-corrected chi connectivity index (χ2v) is 10.2. The smallest absolute Gasteiger partial charge is 0.331 e. The van der Waals surface area contributed by atoms with Crippen LogP contribution in [-0.2, 0) is 9.53 Å². The van der Waals surface area contributed by atoms with Gasteiger partial charge in [0.1, 0.15) is 22.5 Å². The van der Waals surface area contributed by atoms with E-state index < -0.39 is 5.60 Å². The molecule has 0 fully saturated rings. The zero-order valence-corrected chi connectivity index (χ0v) is 20.4. The second kappa shape index (κ2) is 8.13. The van der Waals surface area contributed by atoms with Gasteiger partial charge in [-0.1, -0.05) is 24.3 Å². The number of fused-ring (bicyclic) bond motifs is 3. The van der Waals surface area contributed by atoms with E-state index in [1.807, 2.05) is 39.8 Å². The first-order valence-electron chi connectivity index (χ1n) is 10.7. The monoisotopic (exact) mass is 448 g/mol. The number of ether oxygens (including phenoxy) is 1. The summed E-state index contributed by atoms with van der Waals surface area (Å²) in [6.07, 6.45) is 3.23. The molecule has 0 unspecified atom stereocenters. The zero-order chi connectivity index (χ0) is 23.2. The van der Waals surface area contributed by atoms with Crippen molar-refractivity contribution in [2.24, 2.45) is 4.99 Å². The number of carbonyl (C=O) groups is 1. The number of carbonyl (C=O) groups excluding carboxylic acids is 1. The molecule has 0 radical (unpaired) electrons. The van der Waals surface area contributed by atoms with Gasteiger partial charge in [0, 0.05) is 22.1 Å². The van der Waals surface area contributed by atoms with Crippen LogP contribution < -0.4 is 0 Å². The Kier molecular flexibility index (Phi) is 5.63. The molecule has 7 heteroatoms. The number of aryl methyl sites for hydroxylation is 2. The van der Waals surface area contributed by atoms with Crippen molar-refractivity contribution in [3.63, 3.8) is 0 Å². The first kappa shape index (κ1) is 22.1. The van der Waals surface area contributed by atoms with Gasteiger partial charge in [-0.05, 0) is 65.7 Å². The lowest BCUT2D eigenvalue weighted by Crippen LogP contribution is -2.22. The van der Waals surface area contributed by atoms with Crippen molar-refractivity contribution in [3.05, 3.63) is 69.1 Å². The van der Waals surface area contributed by atoms with Crippen molar-refractivity contribution >= 4 is 29.1 Å². The molecule has 3 aromatic rings. The number of thiophene rings is 1. The molecule has 0 saturated carbocycles. The van der Waals surface area contributed by atoms with E-state index in [-0.39, 0.29) is 12.0 Å². The molecule has 0 aliphatic carbocycles. The second-order valence-electron chi connectivity index (χ2n) is 9.05. The van der Waals surface area contributed by atoms with E-state index in [1.165, 1.54) is 16.5 Å². The van der Waals surface area contributed by atoms with Crippen molar-refractivity contribution in [2.75, 3.05) is 0 Å². The number of nitrogens with zero attached hydrogens (tertiary/aromatic N) is 4. The van der Waals surface area contributed by atoms with E-state index in [0.717, 1.165) is 39.1 Å². The Morgan fingerprint density at radius 1 is 1.12 bits per heavy atom. The standard InChI is InChI=1S/C25H28N4O2S/c1-14-16(3)32-24-21(14)22(26-15(2)23-28-27-17(4)29(23)24)19-11-8-18(9-12-19)10-13-20(30)31-25(5,6)7/h8-13,15H,1-7H3/b13-10+/t15-/m0/s1. The Bertz CT molecular complexity index is 1240. The van der Waals surface area contributed by atoms with Gasteiger partial charge in [0.25, 0.3) is 0 Å². The molecule has 6 nitrogen and oxygen atoms in total. The minimum absolute atomic E-state index is 0.114. The van der Waals surface area contributed by atoms with Gasteiger partial charge in [-0.3, -0.25) is 9.56 Å². The number of hydrogen-bond acceptors (Lipinski definition) is 6. The third-order valence-corrected chi connectivity index (χ3v) is 6.55. The normalized spacial score (nSPS) is 15.8. The molecule has 1 aliphatic heterocycles. The highest BCUT2D eigenvalue weighted by atomic mass is 32.1. The highest BCUT2D eigenvalue weighted by Crippen LogP contribution is 2.38. The fourth-order valence-corrected chi connectivity index (χ4v) is 4.95. The summed E-state index contributed by atoms with van der Waals surface area (Å²) in [6, 6.07) is 7.98. The Morgan fingerprint density at radius 2 is 1.81 bits per heavy atom. The summed E-state index contributed by atoms with van der Waals surface area (Å²) in [7, 11) is 0. The number of benzene rings is 1. The lowest BCUT2D eigenvalue weighted by Gasteiger charge is -2.17.